The molecule has 1 atom stereocenters. The van der Waals surface area contributed by atoms with Crippen LogP contribution in [0.15, 0.2) is 55.2 Å². The molecular formula is C21H22N4O3. The van der Waals surface area contributed by atoms with Gasteiger partial charge in [0.1, 0.15) is 25.4 Å². The normalized spacial score (nSPS) is 14.0. The molecule has 7 nitrogen and oxygen atoms in total. The molecule has 28 heavy (non-hydrogen) atoms. The first-order valence-corrected chi connectivity index (χ1v) is 9.26. The average molecular weight is 378 g/mol. The van der Waals surface area contributed by atoms with Gasteiger partial charge in [0.25, 0.3) is 5.91 Å². The summed E-state index contributed by atoms with van der Waals surface area (Å²) in [7, 11) is 0. The monoisotopic (exact) mass is 378 g/mol. The Bertz CT molecular complexity index is 952. The first-order chi connectivity index (χ1) is 13.6. The van der Waals surface area contributed by atoms with Crippen LogP contribution < -0.4 is 14.8 Å². The molecular weight excluding hydrogens is 356 g/mol. The predicted molar refractivity (Wildman–Crippen MR) is 104 cm³/mol. The van der Waals surface area contributed by atoms with Gasteiger partial charge in [0, 0.05) is 18.6 Å². The molecule has 0 aliphatic carbocycles. The number of carbonyl (C=O) groups is 1. The van der Waals surface area contributed by atoms with E-state index in [1.54, 1.807) is 41.6 Å². The summed E-state index contributed by atoms with van der Waals surface area (Å²) in [6.07, 6.45) is 6.73. The Balaban J connectivity index is 1.52. The molecule has 0 radical (unpaired) electrons. The maximum absolute atomic E-state index is 12.8. The number of benzene rings is 1. The molecule has 0 bridgehead atoms. The van der Waals surface area contributed by atoms with E-state index >= 15 is 0 Å². The van der Waals surface area contributed by atoms with E-state index in [-0.39, 0.29) is 17.9 Å². The number of nitrogens with zero attached hydrogens (tertiary/aromatic N) is 3. The fraction of sp³-hybridized carbons (Fsp3) is 0.286. The van der Waals surface area contributed by atoms with E-state index in [0.29, 0.717) is 24.6 Å². The van der Waals surface area contributed by atoms with Gasteiger partial charge in [0.2, 0.25) is 0 Å². The molecule has 1 aromatic carbocycles. The minimum Gasteiger partial charge on any atom is -0.486 e. The van der Waals surface area contributed by atoms with E-state index in [4.69, 9.17) is 9.47 Å². The number of hydrogen-bond donors (Lipinski definition) is 1. The Morgan fingerprint density at radius 3 is 2.64 bits per heavy atom. The highest BCUT2D eigenvalue weighted by Crippen LogP contribution is 2.34. The van der Waals surface area contributed by atoms with Crippen LogP contribution in [0.2, 0.25) is 0 Å². The number of rotatable bonds is 5. The number of aromatic nitrogens is 3. The third-order valence-corrected chi connectivity index (χ3v) is 4.66. The Kier molecular flexibility index (Phi) is 4.97. The lowest BCUT2D eigenvalue weighted by Crippen LogP contribution is -2.32. The second-order valence-electron chi connectivity index (χ2n) is 6.97. The van der Waals surface area contributed by atoms with Gasteiger partial charge in [-0.3, -0.25) is 9.36 Å². The van der Waals surface area contributed by atoms with Crippen LogP contribution in [0, 0.1) is 5.92 Å². The maximum Gasteiger partial charge on any atom is 0.253 e. The Labute approximate surface area is 163 Å². The number of fused-ring (bicyclic) bond motifs is 1. The molecule has 0 saturated carbocycles. The third-order valence-electron chi connectivity index (χ3n) is 4.66. The summed E-state index contributed by atoms with van der Waals surface area (Å²) in [6.45, 7) is 5.23. The van der Waals surface area contributed by atoms with Crippen LogP contribution in [0.3, 0.4) is 0 Å². The van der Waals surface area contributed by atoms with Gasteiger partial charge in [-0.2, -0.15) is 0 Å². The molecule has 1 aliphatic rings. The lowest BCUT2D eigenvalue weighted by atomic mass is 9.95. The Morgan fingerprint density at radius 2 is 1.96 bits per heavy atom. The Morgan fingerprint density at radius 1 is 1.14 bits per heavy atom. The average Bonchev–Trinajstić information content (AvgIpc) is 3.26. The predicted octanol–water partition coefficient (Wildman–Crippen LogP) is 3.17. The van der Waals surface area contributed by atoms with Gasteiger partial charge in [-0.05, 0) is 35.7 Å². The number of ether oxygens (including phenoxy) is 2. The highest BCUT2D eigenvalue weighted by molar-refractivity contribution is 5.94. The van der Waals surface area contributed by atoms with Crippen molar-refractivity contribution in [2.24, 2.45) is 5.92 Å². The summed E-state index contributed by atoms with van der Waals surface area (Å²) >= 11 is 0. The molecule has 3 aromatic rings. The maximum atomic E-state index is 12.8. The zero-order chi connectivity index (χ0) is 19.5. The lowest BCUT2D eigenvalue weighted by Gasteiger charge is -2.25. The largest absolute Gasteiger partial charge is 0.486 e. The van der Waals surface area contributed by atoms with E-state index < -0.39 is 0 Å². The molecule has 4 rings (SSSR count). The SMILES string of the molecule is CC(C)C(NC(=O)c1ccc(-n2ccnc2)nc1)c1ccc2c(c1)OCCO2. The zero-order valence-electron chi connectivity index (χ0n) is 15.8. The van der Waals surface area contributed by atoms with Gasteiger partial charge in [-0.1, -0.05) is 19.9 Å². The van der Waals surface area contributed by atoms with Crippen molar-refractivity contribution in [3.05, 3.63) is 66.4 Å². The van der Waals surface area contributed by atoms with Crippen molar-refractivity contribution >= 4 is 5.91 Å². The first-order valence-electron chi connectivity index (χ1n) is 9.26. The Hall–Kier alpha value is -3.35. The summed E-state index contributed by atoms with van der Waals surface area (Å²) < 4.78 is 13.0. The van der Waals surface area contributed by atoms with Gasteiger partial charge in [0.05, 0.1) is 11.6 Å². The second-order valence-corrected chi connectivity index (χ2v) is 6.97. The van der Waals surface area contributed by atoms with Crippen molar-refractivity contribution in [3.63, 3.8) is 0 Å². The molecule has 0 saturated heterocycles. The number of amides is 1. The summed E-state index contributed by atoms with van der Waals surface area (Å²) in [5.41, 5.74) is 1.49. The van der Waals surface area contributed by atoms with Crippen LogP contribution in [0.5, 0.6) is 11.5 Å². The number of hydrogen-bond acceptors (Lipinski definition) is 5. The van der Waals surface area contributed by atoms with Crippen LogP contribution in [-0.4, -0.2) is 33.7 Å². The number of imidazole rings is 1. The fourth-order valence-corrected chi connectivity index (χ4v) is 3.18. The van der Waals surface area contributed by atoms with Crippen LogP contribution in [0.25, 0.3) is 5.82 Å². The highest BCUT2D eigenvalue weighted by Gasteiger charge is 2.22. The molecule has 0 fully saturated rings. The molecule has 2 aromatic heterocycles. The zero-order valence-corrected chi connectivity index (χ0v) is 15.8. The number of carbonyl (C=O) groups excluding carboxylic acids is 1. The van der Waals surface area contributed by atoms with Crippen LogP contribution >= 0.6 is 0 Å². The van der Waals surface area contributed by atoms with E-state index in [1.165, 1.54) is 0 Å². The van der Waals surface area contributed by atoms with E-state index in [0.717, 1.165) is 17.1 Å². The highest BCUT2D eigenvalue weighted by atomic mass is 16.6. The van der Waals surface area contributed by atoms with Gasteiger partial charge < -0.3 is 14.8 Å². The molecule has 7 heteroatoms. The van der Waals surface area contributed by atoms with Crippen molar-refractivity contribution in [2.75, 3.05) is 13.2 Å². The minimum atomic E-state index is -0.168. The molecule has 1 N–H and O–H groups in total. The quantitative estimate of drug-likeness (QED) is 0.738. The second kappa shape index (κ2) is 7.72. The van der Waals surface area contributed by atoms with Gasteiger partial charge in [-0.25, -0.2) is 9.97 Å². The molecule has 144 valence electrons. The third kappa shape index (κ3) is 3.69. The molecule has 1 aliphatic heterocycles. The summed E-state index contributed by atoms with van der Waals surface area (Å²) in [5.74, 6) is 2.20. The van der Waals surface area contributed by atoms with Gasteiger partial charge >= 0.3 is 0 Å². The van der Waals surface area contributed by atoms with Crippen LogP contribution in [0.1, 0.15) is 35.8 Å². The van der Waals surface area contributed by atoms with Crippen LogP contribution in [0.4, 0.5) is 0 Å². The smallest absolute Gasteiger partial charge is 0.253 e. The number of pyridine rings is 1. The van der Waals surface area contributed by atoms with Crippen molar-refractivity contribution in [3.8, 4) is 17.3 Å². The van der Waals surface area contributed by atoms with Crippen LogP contribution in [-0.2, 0) is 0 Å². The summed E-state index contributed by atoms with van der Waals surface area (Å²) in [5, 5.41) is 3.12. The minimum absolute atomic E-state index is 0.156. The standard InChI is InChI=1S/C21H22N4O3/c1-14(2)20(15-3-5-17-18(11-15)28-10-9-27-17)24-21(26)16-4-6-19(23-12-16)25-8-7-22-13-25/h3-8,11-14,20H,9-10H2,1-2H3,(H,24,26). The molecule has 3 heterocycles. The van der Waals surface area contributed by atoms with Crippen molar-refractivity contribution in [1.82, 2.24) is 19.9 Å². The van der Waals surface area contributed by atoms with Gasteiger partial charge in [-0.15, -0.1) is 0 Å². The molecule has 1 amide bonds. The fourth-order valence-electron chi connectivity index (χ4n) is 3.18. The topological polar surface area (TPSA) is 78.3 Å². The van der Waals surface area contributed by atoms with E-state index in [1.807, 2.05) is 18.2 Å². The van der Waals surface area contributed by atoms with Gasteiger partial charge in [0.15, 0.2) is 11.5 Å². The molecule has 0 spiro atoms. The van der Waals surface area contributed by atoms with Crippen molar-refractivity contribution < 1.29 is 14.3 Å². The van der Waals surface area contributed by atoms with E-state index in [2.05, 4.69) is 29.1 Å². The summed E-state index contributed by atoms with van der Waals surface area (Å²) in [4.78, 5) is 21.1. The van der Waals surface area contributed by atoms with E-state index in [9.17, 15) is 4.79 Å². The van der Waals surface area contributed by atoms with Crippen molar-refractivity contribution in [1.29, 1.82) is 0 Å². The first kappa shape index (κ1) is 18.0. The lowest BCUT2D eigenvalue weighted by molar-refractivity contribution is 0.0925. The van der Waals surface area contributed by atoms with Crippen molar-refractivity contribution in [2.45, 2.75) is 19.9 Å². The molecule has 1 unspecified atom stereocenters. The summed E-state index contributed by atoms with van der Waals surface area (Å²) in [6, 6.07) is 9.21. The number of nitrogens with one attached hydrogen (secondary N) is 1.